The predicted octanol–water partition coefficient (Wildman–Crippen LogP) is 0.564. The molecule has 3 aromatic rings. The molecule has 144 valence electrons. The van der Waals surface area contributed by atoms with E-state index in [1.165, 1.54) is 4.68 Å². The zero-order valence-electron chi connectivity index (χ0n) is 15.6. The number of nitrogens with one attached hydrogen (secondary N) is 2. The van der Waals surface area contributed by atoms with Crippen molar-refractivity contribution in [3.8, 4) is 11.3 Å². The summed E-state index contributed by atoms with van der Waals surface area (Å²) in [6.07, 6.45) is 5.21. The molecule has 4 heterocycles. The number of carbonyl (C=O) groups excluding carboxylic acids is 2. The van der Waals surface area contributed by atoms with Crippen molar-refractivity contribution in [2.24, 2.45) is 7.05 Å². The number of rotatable bonds is 0. The molecule has 0 atom stereocenters. The van der Waals surface area contributed by atoms with Crippen LogP contribution in [0.1, 0.15) is 21.0 Å². The molecule has 0 radical (unpaired) electrons. The van der Waals surface area contributed by atoms with E-state index in [2.05, 4.69) is 25.8 Å². The third-order valence-corrected chi connectivity index (χ3v) is 4.42. The van der Waals surface area contributed by atoms with Crippen LogP contribution < -0.4 is 10.6 Å². The quantitative estimate of drug-likeness (QED) is 0.590. The Bertz CT molecular complexity index is 1040. The van der Waals surface area contributed by atoms with Crippen molar-refractivity contribution in [3.05, 3.63) is 48.2 Å². The molecule has 4 rings (SSSR count). The number of fused-ring (bicyclic) bond motifs is 6. The lowest BCUT2D eigenvalue weighted by molar-refractivity contribution is 0.0924. The molecule has 1 aliphatic heterocycles. The monoisotopic (exact) mass is 380 g/mol. The molecule has 3 aromatic heterocycles. The van der Waals surface area contributed by atoms with Crippen molar-refractivity contribution in [2.45, 2.75) is 6.54 Å². The highest BCUT2D eigenvalue weighted by molar-refractivity contribution is 6.07. The maximum atomic E-state index is 12.7. The number of nitrogens with zero attached hydrogens (tertiary/aromatic N) is 6. The molecule has 0 saturated heterocycles. The van der Waals surface area contributed by atoms with Gasteiger partial charge in [-0.25, -0.2) is 4.98 Å². The minimum atomic E-state index is -0.416. The van der Waals surface area contributed by atoms with Gasteiger partial charge in [0.2, 0.25) is 0 Å². The fourth-order valence-electron chi connectivity index (χ4n) is 2.92. The number of aromatic nitrogens is 5. The first-order chi connectivity index (χ1) is 13.5. The van der Waals surface area contributed by atoms with Gasteiger partial charge < -0.3 is 10.6 Å². The number of carbonyl (C=O) groups is 2. The number of pyridine rings is 1. The summed E-state index contributed by atoms with van der Waals surface area (Å²) in [5.74, 6) is -0.779. The van der Waals surface area contributed by atoms with Gasteiger partial charge in [0, 0.05) is 31.5 Å². The third-order valence-electron chi connectivity index (χ3n) is 4.42. The maximum absolute atomic E-state index is 12.7. The van der Waals surface area contributed by atoms with Crippen LogP contribution in [-0.4, -0.2) is 61.5 Å². The lowest BCUT2D eigenvalue weighted by Gasteiger charge is -2.17. The van der Waals surface area contributed by atoms with Crippen molar-refractivity contribution in [2.75, 3.05) is 25.6 Å². The van der Waals surface area contributed by atoms with E-state index < -0.39 is 5.91 Å². The Balaban J connectivity index is 1.73. The fraction of sp³-hybridized carbons (Fsp3) is 0.278. The summed E-state index contributed by atoms with van der Waals surface area (Å²) in [5.41, 5.74) is 2.22. The Labute approximate surface area is 161 Å². The van der Waals surface area contributed by atoms with E-state index in [0.29, 0.717) is 31.1 Å². The van der Waals surface area contributed by atoms with Crippen LogP contribution in [-0.2, 0) is 13.6 Å². The van der Waals surface area contributed by atoms with E-state index in [9.17, 15) is 9.59 Å². The van der Waals surface area contributed by atoms with Gasteiger partial charge in [0.1, 0.15) is 5.69 Å². The largest absolute Gasteiger partial charge is 0.338 e. The molecule has 1 aliphatic rings. The van der Waals surface area contributed by atoms with Crippen LogP contribution in [0.3, 0.4) is 0 Å². The van der Waals surface area contributed by atoms with Crippen LogP contribution in [0, 0.1) is 0 Å². The molecule has 10 nitrogen and oxygen atoms in total. The Morgan fingerprint density at radius 1 is 1.04 bits per heavy atom. The number of likely N-dealkylation sites (N-methyl/N-ethyl adjacent to an activating group) is 1. The summed E-state index contributed by atoms with van der Waals surface area (Å²) >= 11 is 0. The fourth-order valence-corrected chi connectivity index (χ4v) is 2.92. The van der Waals surface area contributed by atoms with Gasteiger partial charge in [0.05, 0.1) is 30.8 Å². The molecule has 0 aromatic carbocycles. The van der Waals surface area contributed by atoms with Gasteiger partial charge in [-0.3, -0.25) is 23.9 Å². The molecule has 28 heavy (non-hydrogen) atoms. The van der Waals surface area contributed by atoms with E-state index in [1.54, 1.807) is 31.6 Å². The molecule has 0 fully saturated rings. The van der Waals surface area contributed by atoms with E-state index >= 15 is 0 Å². The second-order valence-corrected chi connectivity index (χ2v) is 6.66. The summed E-state index contributed by atoms with van der Waals surface area (Å²) in [6, 6.07) is 5.22. The van der Waals surface area contributed by atoms with Crippen LogP contribution in [0.25, 0.3) is 11.3 Å². The van der Waals surface area contributed by atoms with Crippen LogP contribution in [0.4, 0.5) is 5.69 Å². The topological polar surface area (TPSA) is 110 Å². The van der Waals surface area contributed by atoms with E-state index in [-0.39, 0.29) is 17.3 Å². The second kappa shape index (κ2) is 7.24. The summed E-state index contributed by atoms with van der Waals surface area (Å²) in [6.45, 7) is 1.69. The molecule has 4 bridgehead atoms. The normalized spacial score (nSPS) is 15.6. The summed E-state index contributed by atoms with van der Waals surface area (Å²) in [5, 5.41) is 14.1. The highest BCUT2D eigenvalue weighted by Gasteiger charge is 2.20. The first-order valence-corrected chi connectivity index (χ1v) is 8.81. The molecule has 0 saturated carbocycles. The summed E-state index contributed by atoms with van der Waals surface area (Å²) in [7, 11) is 3.59. The van der Waals surface area contributed by atoms with Crippen LogP contribution in [0.5, 0.6) is 0 Å². The van der Waals surface area contributed by atoms with Crippen molar-refractivity contribution in [1.82, 2.24) is 34.8 Å². The zero-order valence-corrected chi connectivity index (χ0v) is 15.6. The van der Waals surface area contributed by atoms with Crippen molar-refractivity contribution in [1.29, 1.82) is 0 Å². The number of anilines is 1. The van der Waals surface area contributed by atoms with E-state index in [1.807, 2.05) is 28.9 Å². The third kappa shape index (κ3) is 3.62. The molecule has 2 amide bonds. The molecule has 2 N–H and O–H groups in total. The van der Waals surface area contributed by atoms with Crippen LogP contribution in [0.2, 0.25) is 0 Å². The smallest absolute Gasteiger partial charge is 0.274 e. The van der Waals surface area contributed by atoms with Gasteiger partial charge in [-0.15, -0.1) is 0 Å². The van der Waals surface area contributed by atoms with E-state index in [0.717, 1.165) is 5.56 Å². The molecular weight excluding hydrogens is 360 g/mol. The maximum Gasteiger partial charge on any atom is 0.274 e. The Hall–Kier alpha value is -3.53. The van der Waals surface area contributed by atoms with Gasteiger partial charge in [-0.1, -0.05) is 6.07 Å². The van der Waals surface area contributed by atoms with Gasteiger partial charge in [0.15, 0.2) is 5.69 Å². The Morgan fingerprint density at radius 2 is 1.86 bits per heavy atom. The summed E-state index contributed by atoms with van der Waals surface area (Å²) < 4.78 is 3.30. The molecular formula is C18H20N8O2. The van der Waals surface area contributed by atoms with Gasteiger partial charge in [-0.2, -0.15) is 10.2 Å². The van der Waals surface area contributed by atoms with E-state index in [4.69, 9.17) is 0 Å². The lowest BCUT2D eigenvalue weighted by atomic mass is 10.2. The van der Waals surface area contributed by atoms with Crippen LogP contribution in [0.15, 0.2) is 36.8 Å². The Kier molecular flexibility index (Phi) is 4.62. The molecule has 0 spiro atoms. The molecule has 0 unspecified atom stereocenters. The average molecular weight is 380 g/mol. The number of hydrogen-bond donors (Lipinski definition) is 2. The highest BCUT2D eigenvalue weighted by atomic mass is 16.2. The Morgan fingerprint density at radius 3 is 2.71 bits per heavy atom. The second-order valence-electron chi connectivity index (χ2n) is 6.66. The first-order valence-electron chi connectivity index (χ1n) is 8.81. The van der Waals surface area contributed by atoms with Gasteiger partial charge in [-0.05, 0) is 19.2 Å². The molecule has 10 heteroatoms. The predicted molar refractivity (Wildman–Crippen MR) is 102 cm³/mol. The first kappa shape index (κ1) is 17.9. The number of aryl methyl sites for hydroxylation is 1. The summed E-state index contributed by atoms with van der Waals surface area (Å²) in [4.78, 5) is 31.6. The van der Waals surface area contributed by atoms with Gasteiger partial charge >= 0.3 is 0 Å². The zero-order chi connectivity index (χ0) is 19.7. The minimum Gasteiger partial charge on any atom is -0.338 e. The minimum absolute atomic E-state index is 0.155. The number of hydrogen-bond acceptors (Lipinski definition) is 6. The van der Waals surface area contributed by atoms with Gasteiger partial charge in [0.25, 0.3) is 11.8 Å². The SMILES string of the molecule is CN1CCn2cc(cn2)-c2cccc(n2)C(=O)Nc2cn(C)nc2C(=O)NC1. The highest BCUT2D eigenvalue weighted by Crippen LogP contribution is 2.18. The molecule has 0 aliphatic carbocycles. The average Bonchev–Trinajstić information content (AvgIpc) is 3.30. The van der Waals surface area contributed by atoms with Crippen LogP contribution >= 0.6 is 0 Å². The number of amides is 2. The lowest BCUT2D eigenvalue weighted by Crippen LogP contribution is -2.37. The van der Waals surface area contributed by atoms with Crippen molar-refractivity contribution >= 4 is 17.5 Å². The van der Waals surface area contributed by atoms with Crippen molar-refractivity contribution < 1.29 is 9.59 Å². The van der Waals surface area contributed by atoms with Crippen molar-refractivity contribution in [3.63, 3.8) is 0 Å². The standard InChI is InChI=1S/C18H20N8O2/c1-24-6-7-26-9-12(8-20-26)13-4-3-5-14(21-13)17(27)22-15-10-25(2)23-16(15)18(28)19-11-24/h3-5,8-10H,6-7,11H2,1-2H3,(H,19,28)(H,22,27).